The number of aryl methyl sites for hydroxylation is 1. The fourth-order valence-corrected chi connectivity index (χ4v) is 4.45. The van der Waals surface area contributed by atoms with E-state index in [-0.39, 0.29) is 30.5 Å². The number of nitrogens with zero attached hydrogens (tertiary/aromatic N) is 4. The predicted molar refractivity (Wildman–Crippen MR) is 124 cm³/mol. The number of hydrogen-bond acceptors (Lipinski definition) is 7. The first-order valence-electron chi connectivity index (χ1n) is 12.0. The summed E-state index contributed by atoms with van der Waals surface area (Å²) >= 11 is 0. The number of rotatable bonds is 6. The van der Waals surface area contributed by atoms with Crippen LogP contribution >= 0.6 is 0 Å². The molecule has 8 nitrogen and oxygen atoms in total. The van der Waals surface area contributed by atoms with Crippen LogP contribution in [0.25, 0.3) is 11.3 Å². The number of pyridine rings is 1. The van der Waals surface area contributed by atoms with E-state index in [0.717, 1.165) is 61.2 Å². The minimum Gasteiger partial charge on any atom is -0.489 e. The highest BCUT2D eigenvalue weighted by Crippen LogP contribution is 2.30. The van der Waals surface area contributed by atoms with Crippen molar-refractivity contribution in [3.05, 3.63) is 36.5 Å². The van der Waals surface area contributed by atoms with Crippen molar-refractivity contribution in [2.75, 3.05) is 13.1 Å². The van der Waals surface area contributed by atoms with Crippen LogP contribution in [-0.2, 0) is 9.47 Å². The van der Waals surface area contributed by atoms with E-state index in [9.17, 15) is 4.79 Å². The van der Waals surface area contributed by atoms with Crippen LogP contribution in [0.3, 0.4) is 0 Å². The van der Waals surface area contributed by atoms with E-state index < -0.39 is 0 Å². The Morgan fingerprint density at radius 3 is 2.24 bits per heavy atom. The quantitative estimate of drug-likeness (QED) is 0.632. The maximum absolute atomic E-state index is 12.0. The lowest BCUT2D eigenvalue weighted by Gasteiger charge is -2.36. The van der Waals surface area contributed by atoms with Crippen molar-refractivity contribution in [2.24, 2.45) is 0 Å². The molecular weight excluding hydrogens is 420 g/mol. The number of ether oxygens (including phenoxy) is 3. The zero-order valence-corrected chi connectivity index (χ0v) is 19.8. The molecule has 1 saturated carbocycles. The molecule has 1 amide bonds. The van der Waals surface area contributed by atoms with Crippen LogP contribution in [0.2, 0.25) is 0 Å². The van der Waals surface area contributed by atoms with Crippen molar-refractivity contribution in [1.82, 2.24) is 19.9 Å². The van der Waals surface area contributed by atoms with Gasteiger partial charge in [0.05, 0.1) is 35.8 Å². The summed E-state index contributed by atoms with van der Waals surface area (Å²) < 4.78 is 17.9. The van der Waals surface area contributed by atoms with Gasteiger partial charge < -0.3 is 19.1 Å². The lowest BCUT2D eigenvalue weighted by atomic mass is 9.94. The Kier molecular flexibility index (Phi) is 7.75. The van der Waals surface area contributed by atoms with Crippen LogP contribution in [0.15, 0.2) is 30.9 Å². The first-order valence-corrected chi connectivity index (χ1v) is 12.0. The zero-order valence-electron chi connectivity index (χ0n) is 19.8. The Morgan fingerprint density at radius 1 is 0.970 bits per heavy atom. The second-order valence-corrected chi connectivity index (χ2v) is 9.18. The minimum absolute atomic E-state index is 0.0835. The Balaban J connectivity index is 1.20. The average Bonchev–Trinajstić information content (AvgIpc) is 2.82. The Morgan fingerprint density at radius 2 is 1.61 bits per heavy atom. The van der Waals surface area contributed by atoms with E-state index in [0.29, 0.717) is 13.1 Å². The summed E-state index contributed by atoms with van der Waals surface area (Å²) in [5, 5.41) is 0. The summed E-state index contributed by atoms with van der Waals surface area (Å²) in [7, 11) is 0. The van der Waals surface area contributed by atoms with Crippen molar-refractivity contribution in [1.29, 1.82) is 0 Å². The lowest BCUT2D eigenvalue weighted by molar-refractivity contribution is -0.0657. The molecule has 1 saturated heterocycles. The van der Waals surface area contributed by atoms with Gasteiger partial charge in [0, 0.05) is 31.0 Å². The van der Waals surface area contributed by atoms with Gasteiger partial charge >= 0.3 is 6.09 Å². The number of carbonyl (C=O) groups excluding carboxylic acids is 1. The molecule has 0 unspecified atom stereocenters. The standard InChI is InChI=1S/C25H34N4O4/c1-17(2)31-25(30)29-12-10-22(11-13-29)32-20-4-6-21(7-5-20)33-24-9-8-23(28-18(24)3)19-14-26-16-27-15-19/h8-9,14-17,20-22H,4-7,10-13H2,1-3H3/t20-,21-. The van der Waals surface area contributed by atoms with Gasteiger partial charge in [-0.15, -0.1) is 0 Å². The SMILES string of the molecule is Cc1nc(-c2cncnc2)ccc1O[C@H]1CC[C@H](OC2CCN(C(=O)OC(C)C)CC2)CC1. The monoisotopic (exact) mass is 454 g/mol. The summed E-state index contributed by atoms with van der Waals surface area (Å²) in [4.78, 5) is 26.6. The summed E-state index contributed by atoms with van der Waals surface area (Å²) in [5.41, 5.74) is 2.62. The van der Waals surface area contributed by atoms with Gasteiger partial charge in [-0.2, -0.15) is 0 Å². The average molecular weight is 455 g/mol. The molecule has 0 bridgehead atoms. The van der Waals surface area contributed by atoms with E-state index in [1.807, 2.05) is 32.9 Å². The second kappa shape index (κ2) is 10.9. The topological polar surface area (TPSA) is 86.7 Å². The number of amides is 1. The van der Waals surface area contributed by atoms with E-state index in [1.165, 1.54) is 6.33 Å². The van der Waals surface area contributed by atoms with Gasteiger partial charge in [0.2, 0.25) is 0 Å². The smallest absolute Gasteiger partial charge is 0.410 e. The van der Waals surface area contributed by atoms with Crippen LogP contribution in [-0.4, -0.2) is 63.5 Å². The molecule has 0 radical (unpaired) electrons. The Bertz CT molecular complexity index is 908. The van der Waals surface area contributed by atoms with Gasteiger partial charge in [-0.1, -0.05) is 0 Å². The molecule has 3 heterocycles. The van der Waals surface area contributed by atoms with E-state index in [1.54, 1.807) is 17.3 Å². The third-order valence-electron chi connectivity index (χ3n) is 6.23. The number of piperidine rings is 1. The number of aromatic nitrogens is 3. The molecule has 1 aliphatic carbocycles. The van der Waals surface area contributed by atoms with Crippen LogP contribution in [0.4, 0.5) is 4.79 Å². The lowest BCUT2D eigenvalue weighted by Crippen LogP contribution is -2.43. The van der Waals surface area contributed by atoms with E-state index >= 15 is 0 Å². The largest absolute Gasteiger partial charge is 0.489 e. The van der Waals surface area contributed by atoms with E-state index in [2.05, 4.69) is 15.0 Å². The molecule has 0 aromatic carbocycles. The molecule has 2 fully saturated rings. The highest BCUT2D eigenvalue weighted by atomic mass is 16.6. The first-order chi connectivity index (χ1) is 16.0. The molecule has 33 heavy (non-hydrogen) atoms. The molecule has 8 heteroatoms. The van der Waals surface area contributed by atoms with Crippen molar-refractivity contribution in [2.45, 2.75) is 83.7 Å². The molecular formula is C25H34N4O4. The third-order valence-corrected chi connectivity index (χ3v) is 6.23. The molecule has 2 aromatic heterocycles. The molecule has 2 aliphatic rings. The van der Waals surface area contributed by atoms with Gasteiger partial charge in [-0.3, -0.25) is 0 Å². The highest BCUT2D eigenvalue weighted by Gasteiger charge is 2.29. The van der Waals surface area contributed by atoms with E-state index in [4.69, 9.17) is 14.2 Å². The van der Waals surface area contributed by atoms with Crippen LogP contribution < -0.4 is 4.74 Å². The van der Waals surface area contributed by atoms with Gasteiger partial charge in [-0.25, -0.2) is 19.7 Å². The van der Waals surface area contributed by atoms with Crippen molar-refractivity contribution in [3.63, 3.8) is 0 Å². The Hall–Kier alpha value is -2.74. The second-order valence-electron chi connectivity index (χ2n) is 9.18. The summed E-state index contributed by atoms with van der Waals surface area (Å²) in [6.07, 6.45) is 11.1. The molecule has 2 aromatic rings. The maximum atomic E-state index is 12.0. The van der Waals surface area contributed by atoms with Crippen LogP contribution in [0.5, 0.6) is 5.75 Å². The molecule has 0 atom stereocenters. The third kappa shape index (κ3) is 6.41. The van der Waals surface area contributed by atoms with Crippen LogP contribution in [0, 0.1) is 6.92 Å². The van der Waals surface area contributed by atoms with Gasteiger partial charge in [-0.05, 0) is 71.4 Å². The maximum Gasteiger partial charge on any atom is 0.410 e. The van der Waals surface area contributed by atoms with Crippen LogP contribution in [0.1, 0.15) is 58.1 Å². The van der Waals surface area contributed by atoms with Gasteiger partial charge in [0.15, 0.2) is 0 Å². The molecule has 0 spiro atoms. The normalized spacial score (nSPS) is 21.8. The van der Waals surface area contributed by atoms with Gasteiger partial charge in [0.25, 0.3) is 0 Å². The minimum atomic E-state index is -0.212. The summed E-state index contributed by atoms with van der Waals surface area (Å²) in [5.74, 6) is 0.834. The molecule has 1 aliphatic heterocycles. The van der Waals surface area contributed by atoms with Crippen molar-refractivity contribution < 1.29 is 19.0 Å². The fraction of sp³-hybridized carbons (Fsp3) is 0.600. The zero-order chi connectivity index (χ0) is 23.2. The van der Waals surface area contributed by atoms with Gasteiger partial charge in [0.1, 0.15) is 12.1 Å². The summed E-state index contributed by atoms with van der Waals surface area (Å²) in [6.45, 7) is 7.13. The number of carbonyl (C=O) groups is 1. The fourth-order valence-electron chi connectivity index (χ4n) is 4.45. The van der Waals surface area contributed by atoms with Crippen molar-refractivity contribution >= 4 is 6.09 Å². The summed E-state index contributed by atoms with van der Waals surface area (Å²) in [6, 6.07) is 3.95. The Labute approximate surface area is 195 Å². The first kappa shape index (κ1) is 23.4. The molecule has 0 N–H and O–H groups in total. The highest BCUT2D eigenvalue weighted by molar-refractivity contribution is 5.67. The molecule has 178 valence electrons. The number of likely N-dealkylation sites (tertiary alicyclic amines) is 1. The van der Waals surface area contributed by atoms with Crippen molar-refractivity contribution in [3.8, 4) is 17.0 Å². The molecule has 4 rings (SSSR count). The predicted octanol–water partition coefficient (Wildman–Crippen LogP) is 4.56. The number of hydrogen-bond donors (Lipinski definition) is 0.